The topological polar surface area (TPSA) is 44.0 Å². The Kier molecular flexibility index (Phi) is 4.02. The fourth-order valence-corrected chi connectivity index (χ4v) is 3.02. The molecule has 1 atom stereocenters. The summed E-state index contributed by atoms with van der Waals surface area (Å²) < 4.78 is 0. The summed E-state index contributed by atoms with van der Waals surface area (Å²) in [6, 6.07) is 2.43. The predicted octanol–water partition coefficient (Wildman–Crippen LogP) is 3.50. The standard InChI is InChI=1S/C14H25NO/c1-11(2)9-13(4,16)14(10-15)7-5-12(3)6-8-14/h11-12,16H,5-9H2,1-4H3. The number of nitriles is 1. The normalized spacial score (nSPS) is 34.4. The molecule has 1 fully saturated rings. The Morgan fingerprint density at radius 3 is 2.31 bits per heavy atom. The Bertz CT molecular complexity index is 267. The Hall–Kier alpha value is -0.550. The highest BCUT2D eigenvalue weighted by Crippen LogP contribution is 2.48. The van der Waals surface area contributed by atoms with E-state index in [9.17, 15) is 10.4 Å². The van der Waals surface area contributed by atoms with E-state index in [1.54, 1.807) is 0 Å². The van der Waals surface area contributed by atoms with Crippen molar-refractivity contribution in [2.45, 2.75) is 65.4 Å². The molecule has 1 aliphatic carbocycles. The van der Waals surface area contributed by atoms with Crippen LogP contribution in [0.25, 0.3) is 0 Å². The van der Waals surface area contributed by atoms with Gasteiger partial charge in [0, 0.05) is 0 Å². The molecule has 0 aromatic heterocycles. The molecule has 0 amide bonds. The van der Waals surface area contributed by atoms with Gasteiger partial charge in [0.1, 0.15) is 0 Å². The van der Waals surface area contributed by atoms with Gasteiger partial charge in [-0.05, 0) is 50.9 Å². The van der Waals surface area contributed by atoms with Crippen LogP contribution in [0.15, 0.2) is 0 Å². The third-order valence-corrected chi connectivity index (χ3v) is 4.18. The number of aliphatic hydroxyl groups is 1. The summed E-state index contributed by atoms with van der Waals surface area (Å²) in [5, 5.41) is 20.1. The van der Waals surface area contributed by atoms with Gasteiger partial charge >= 0.3 is 0 Å². The third-order valence-electron chi connectivity index (χ3n) is 4.18. The molecule has 0 saturated heterocycles. The van der Waals surface area contributed by atoms with Gasteiger partial charge in [0.05, 0.1) is 17.1 Å². The Labute approximate surface area is 99.7 Å². The van der Waals surface area contributed by atoms with Crippen LogP contribution in [0.2, 0.25) is 0 Å². The predicted molar refractivity (Wildman–Crippen MR) is 65.8 cm³/mol. The molecule has 92 valence electrons. The quantitative estimate of drug-likeness (QED) is 0.795. The van der Waals surface area contributed by atoms with E-state index in [0.717, 1.165) is 32.1 Å². The number of rotatable bonds is 3. The summed E-state index contributed by atoms with van der Waals surface area (Å²) in [6.45, 7) is 8.29. The maximum absolute atomic E-state index is 10.6. The highest BCUT2D eigenvalue weighted by molar-refractivity contribution is 5.11. The molecular formula is C14H25NO. The minimum absolute atomic E-state index is 0.430. The summed E-state index contributed by atoms with van der Waals surface area (Å²) >= 11 is 0. The van der Waals surface area contributed by atoms with E-state index in [1.807, 2.05) is 6.92 Å². The second kappa shape index (κ2) is 4.75. The molecule has 0 bridgehead atoms. The van der Waals surface area contributed by atoms with Crippen molar-refractivity contribution in [2.75, 3.05) is 0 Å². The number of nitrogens with zero attached hydrogens (tertiary/aromatic N) is 1. The van der Waals surface area contributed by atoms with Crippen LogP contribution in [0.1, 0.15) is 59.8 Å². The first kappa shape index (κ1) is 13.5. The van der Waals surface area contributed by atoms with Crippen LogP contribution in [0, 0.1) is 28.6 Å². The van der Waals surface area contributed by atoms with Crippen molar-refractivity contribution >= 4 is 0 Å². The molecule has 1 saturated carbocycles. The monoisotopic (exact) mass is 223 g/mol. The van der Waals surface area contributed by atoms with E-state index in [1.165, 1.54) is 0 Å². The van der Waals surface area contributed by atoms with Crippen LogP contribution < -0.4 is 0 Å². The van der Waals surface area contributed by atoms with Crippen LogP contribution in [-0.4, -0.2) is 10.7 Å². The van der Waals surface area contributed by atoms with Crippen LogP contribution in [0.3, 0.4) is 0 Å². The smallest absolute Gasteiger partial charge is 0.0857 e. The van der Waals surface area contributed by atoms with Gasteiger partial charge in [-0.1, -0.05) is 20.8 Å². The first-order valence-corrected chi connectivity index (χ1v) is 6.46. The lowest BCUT2D eigenvalue weighted by atomic mass is 9.61. The second-order valence-corrected chi connectivity index (χ2v) is 6.25. The van der Waals surface area contributed by atoms with Crippen molar-refractivity contribution in [1.29, 1.82) is 5.26 Å². The van der Waals surface area contributed by atoms with Crippen LogP contribution in [0.4, 0.5) is 0 Å². The average molecular weight is 223 g/mol. The van der Waals surface area contributed by atoms with Crippen molar-refractivity contribution in [1.82, 2.24) is 0 Å². The van der Waals surface area contributed by atoms with Gasteiger partial charge in [-0.25, -0.2) is 0 Å². The van der Waals surface area contributed by atoms with E-state index in [4.69, 9.17) is 0 Å². The zero-order chi connectivity index (χ0) is 12.4. The lowest BCUT2D eigenvalue weighted by Gasteiger charge is -2.45. The highest BCUT2D eigenvalue weighted by Gasteiger charge is 2.48. The Balaban J connectivity index is 2.84. The fourth-order valence-electron chi connectivity index (χ4n) is 3.02. The molecule has 0 spiro atoms. The lowest BCUT2D eigenvalue weighted by molar-refractivity contribution is -0.0760. The van der Waals surface area contributed by atoms with E-state index in [2.05, 4.69) is 26.8 Å². The van der Waals surface area contributed by atoms with E-state index >= 15 is 0 Å². The van der Waals surface area contributed by atoms with Crippen LogP contribution in [0.5, 0.6) is 0 Å². The minimum Gasteiger partial charge on any atom is -0.389 e. The van der Waals surface area contributed by atoms with Gasteiger partial charge in [0.25, 0.3) is 0 Å². The van der Waals surface area contributed by atoms with Crippen molar-refractivity contribution < 1.29 is 5.11 Å². The molecule has 1 rings (SSSR count). The number of hydrogen-bond acceptors (Lipinski definition) is 2. The van der Waals surface area contributed by atoms with Gasteiger partial charge in [0.2, 0.25) is 0 Å². The zero-order valence-corrected chi connectivity index (χ0v) is 11.1. The van der Waals surface area contributed by atoms with Crippen molar-refractivity contribution in [2.24, 2.45) is 17.3 Å². The van der Waals surface area contributed by atoms with Gasteiger partial charge in [-0.2, -0.15) is 5.26 Å². The molecule has 2 heteroatoms. The van der Waals surface area contributed by atoms with E-state index in [-0.39, 0.29) is 0 Å². The van der Waals surface area contributed by atoms with Crippen LogP contribution in [-0.2, 0) is 0 Å². The molecule has 16 heavy (non-hydrogen) atoms. The first-order valence-electron chi connectivity index (χ1n) is 6.46. The van der Waals surface area contributed by atoms with E-state index < -0.39 is 11.0 Å². The molecule has 1 unspecified atom stereocenters. The Morgan fingerprint density at radius 1 is 1.44 bits per heavy atom. The lowest BCUT2D eigenvalue weighted by Crippen LogP contribution is -2.48. The molecule has 2 nitrogen and oxygen atoms in total. The van der Waals surface area contributed by atoms with E-state index in [0.29, 0.717) is 11.8 Å². The van der Waals surface area contributed by atoms with Crippen molar-refractivity contribution in [3.63, 3.8) is 0 Å². The van der Waals surface area contributed by atoms with Gasteiger partial charge in [0.15, 0.2) is 0 Å². The third kappa shape index (κ3) is 2.58. The SMILES string of the molecule is CC(C)CC(C)(O)C1(C#N)CCC(C)CC1. The van der Waals surface area contributed by atoms with Crippen molar-refractivity contribution in [3.8, 4) is 6.07 Å². The number of hydrogen-bond donors (Lipinski definition) is 1. The molecule has 1 N–H and O–H groups in total. The summed E-state index contributed by atoms with van der Waals surface area (Å²) in [4.78, 5) is 0. The first-order chi connectivity index (χ1) is 7.33. The minimum atomic E-state index is -0.837. The maximum Gasteiger partial charge on any atom is 0.0857 e. The maximum atomic E-state index is 10.6. The second-order valence-electron chi connectivity index (χ2n) is 6.25. The van der Waals surface area contributed by atoms with Gasteiger partial charge < -0.3 is 5.11 Å². The largest absolute Gasteiger partial charge is 0.389 e. The van der Waals surface area contributed by atoms with Gasteiger partial charge in [-0.15, -0.1) is 0 Å². The summed E-state index contributed by atoms with van der Waals surface area (Å²) in [6.07, 6.45) is 4.56. The molecule has 0 aliphatic heterocycles. The molecule has 0 radical (unpaired) electrons. The molecule has 1 aliphatic rings. The molecule has 0 heterocycles. The Morgan fingerprint density at radius 2 is 1.94 bits per heavy atom. The summed E-state index contributed by atoms with van der Waals surface area (Å²) in [5.41, 5.74) is -1.35. The van der Waals surface area contributed by atoms with Gasteiger partial charge in [-0.3, -0.25) is 0 Å². The van der Waals surface area contributed by atoms with Crippen LogP contribution >= 0.6 is 0 Å². The average Bonchev–Trinajstić information content (AvgIpc) is 2.17. The highest BCUT2D eigenvalue weighted by atomic mass is 16.3. The van der Waals surface area contributed by atoms with Crippen molar-refractivity contribution in [3.05, 3.63) is 0 Å². The molecule has 0 aromatic rings. The summed E-state index contributed by atoms with van der Waals surface area (Å²) in [5.74, 6) is 1.14. The summed E-state index contributed by atoms with van der Waals surface area (Å²) in [7, 11) is 0. The zero-order valence-electron chi connectivity index (χ0n) is 11.1. The molecular weight excluding hydrogens is 198 g/mol. The molecule has 0 aromatic carbocycles. The fraction of sp³-hybridized carbons (Fsp3) is 0.929.